The van der Waals surface area contributed by atoms with Crippen LogP contribution in [-0.4, -0.2) is 17.0 Å². The number of halogens is 2. The van der Waals surface area contributed by atoms with Crippen LogP contribution in [0.1, 0.15) is 12.5 Å². The van der Waals surface area contributed by atoms with E-state index in [-0.39, 0.29) is 17.1 Å². The molecular weight excluding hydrogens is 316 g/mol. The average molecular weight is 331 g/mol. The molecule has 2 aromatic rings. The van der Waals surface area contributed by atoms with Crippen molar-refractivity contribution in [1.29, 1.82) is 0 Å². The Morgan fingerprint density at radius 1 is 1.12 bits per heavy atom. The number of carbonyl (C=O) groups excluding carboxylic acids is 1. The number of nitrogens with zero attached hydrogens (tertiary/aromatic N) is 1. The van der Waals surface area contributed by atoms with E-state index in [9.17, 15) is 18.7 Å². The van der Waals surface area contributed by atoms with Crippen molar-refractivity contribution < 1.29 is 18.7 Å². The minimum Gasteiger partial charge on any atom is -0.505 e. The number of phenols is 1. The summed E-state index contributed by atoms with van der Waals surface area (Å²) in [6, 6.07) is 8.12. The summed E-state index contributed by atoms with van der Waals surface area (Å²) in [5.41, 5.74) is 11.3. The third-order valence-corrected chi connectivity index (χ3v) is 3.23. The Morgan fingerprint density at radius 3 is 2.46 bits per heavy atom. The molecule has 7 heteroatoms. The molecule has 0 unspecified atom stereocenters. The second-order valence-corrected chi connectivity index (χ2v) is 5.04. The average Bonchev–Trinajstić information content (AvgIpc) is 2.51. The van der Waals surface area contributed by atoms with E-state index in [4.69, 9.17) is 11.5 Å². The Hall–Kier alpha value is -3.22. The molecule has 2 aromatic carbocycles. The number of phenolic OH excluding ortho intramolecular Hbond substituents is 1. The van der Waals surface area contributed by atoms with Crippen molar-refractivity contribution in [2.45, 2.75) is 6.92 Å². The molecule has 0 aliphatic rings. The van der Waals surface area contributed by atoms with Gasteiger partial charge in [-0.3, -0.25) is 4.79 Å². The lowest BCUT2D eigenvalue weighted by atomic mass is 9.97. The van der Waals surface area contributed by atoms with Crippen LogP contribution in [0.5, 0.6) is 5.75 Å². The van der Waals surface area contributed by atoms with Gasteiger partial charge in [-0.1, -0.05) is 24.3 Å². The predicted molar refractivity (Wildman–Crippen MR) is 87.9 cm³/mol. The van der Waals surface area contributed by atoms with Crippen LogP contribution in [0.25, 0.3) is 17.2 Å². The third kappa shape index (κ3) is 3.75. The monoisotopic (exact) mass is 331 g/mol. The van der Waals surface area contributed by atoms with Gasteiger partial charge in [-0.15, -0.1) is 0 Å². The van der Waals surface area contributed by atoms with E-state index >= 15 is 0 Å². The van der Waals surface area contributed by atoms with E-state index in [0.29, 0.717) is 17.2 Å². The fraction of sp³-hybridized carbons (Fsp3) is 0.0588. The van der Waals surface area contributed by atoms with Gasteiger partial charge in [0.05, 0.1) is 0 Å². The number of guanidine groups is 1. The second-order valence-electron chi connectivity index (χ2n) is 5.04. The summed E-state index contributed by atoms with van der Waals surface area (Å²) in [6.45, 7) is 1.50. The molecule has 0 radical (unpaired) electrons. The summed E-state index contributed by atoms with van der Waals surface area (Å²) in [5, 5.41) is 9.23. The van der Waals surface area contributed by atoms with Gasteiger partial charge in [0.1, 0.15) is 5.82 Å². The molecule has 0 spiro atoms. The van der Waals surface area contributed by atoms with Gasteiger partial charge in [0.2, 0.25) is 0 Å². The van der Waals surface area contributed by atoms with E-state index in [1.807, 2.05) is 0 Å². The lowest BCUT2D eigenvalue weighted by molar-refractivity contribution is -0.114. The van der Waals surface area contributed by atoms with Crippen LogP contribution >= 0.6 is 0 Å². The lowest BCUT2D eigenvalue weighted by Crippen LogP contribution is -2.24. The summed E-state index contributed by atoms with van der Waals surface area (Å²) in [5.74, 6) is -3.51. The highest BCUT2D eigenvalue weighted by Gasteiger charge is 2.14. The summed E-state index contributed by atoms with van der Waals surface area (Å²) in [4.78, 5) is 15.2. The highest BCUT2D eigenvalue weighted by Crippen LogP contribution is 2.31. The fourth-order valence-corrected chi connectivity index (χ4v) is 2.11. The van der Waals surface area contributed by atoms with Crippen LogP contribution in [0.15, 0.2) is 47.0 Å². The van der Waals surface area contributed by atoms with Crippen molar-refractivity contribution in [2.75, 3.05) is 0 Å². The van der Waals surface area contributed by atoms with E-state index < -0.39 is 23.3 Å². The number of hydrogen-bond donors (Lipinski definition) is 3. The van der Waals surface area contributed by atoms with Crippen molar-refractivity contribution in [3.8, 4) is 16.9 Å². The first-order valence-corrected chi connectivity index (χ1v) is 6.89. The molecule has 124 valence electrons. The molecule has 0 aromatic heterocycles. The van der Waals surface area contributed by atoms with Crippen LogP contribution in [0.4, 0.5) is 8.78 Å². The third-order valence-electron chi connectivity index (χ3n) is 3.23. The Labute approximate surface area is 136 Å². The highest BCUT2D eigenvalue weighted by atomic mass is 19.1. The van der Waals surface area contributed by atoms with E-state index in [1.54, 1.807) is 24.3 Å². The smallest absolute Gasteiger partial charge is 0.275 e. The van der Waals surface area contributed by atoms with Crippen LogP contribution in [0, 0.1) is 11.6 Å². The maximum Gasteiger partial charge on any atom is 0.275 e. The van der Waals surface area contributed by atoms with Gasteiger partial charge in [0, 0.05) is 17.2 Å². The molecule has 0 aliphatic carbocycles. The van der Waals surface area contributed by atoms with E-state index in [2.05, 4.69) is 4.99 Å². The van der Waals surface area contributed by atoms with Crippen molar-refractivity contribution in [2.24, 2.45) is 16.5 Å². The number of aliphatic imine (C=N–C) groups is 1. The lowest BCUT2D eigenvalue weighted by Gasteiger charge is -2.09. The number of aromatic hydroxyl groups is 1. The molecule has 0 saturated heterocycles. The van der Waals surface area contributed by atoms with Crippen molar-refractivity contribution in [3.63, 3.8) is 0 Å². The molecule has 5 N–H and O–H groups in total. The molecule has 24 heavy (non-hydrogen) atoms. The zero-order valence-corrected chi connectivity index (χ0v) is 12.8. The SMILES string of the molecule is CC(=Cc1ccccc1-c1cc(F)c(O)cc1F)C(=O)N=C(N)N. The number of amides is 1. The molecule has 0 saturated carbocycles. The summed E-state index contributed by atoms with van der Waals surface area (Å²) < 4.78 is 27.7. The molecule has 0 bridgehead atoms. The van der Waals surface area contributed by atoms with Crippen LogP contribution in [-0.2, 0) is 4.79 Å². The Kier molecular flexibility index (Phi) is 4.93. The topological polar surface area (TPSA) is 102 Å². The van der Waals surface area contributed by atoms with Gasteiger partial charge in [0.15, 0.2) is 17.5 Å². The number of rotatable bonds is 3. The Bertz CT molecular complexity index is 857. The maximum absolute atomic E-state index is 14.1. The standard InChI is InChI=1S/C17H15F2N3O2/c1-9(16(24)22-17(20)21)6-10-4-2-3-5-11(10)12-7-14(19)15(23)8-13(12)18/h2-8,23H,1H3,(H4,20,21,22,24). The normalized spacial score (nSPS) is 11.2. The fourth-order valence-electron chi connectivity index (χ4n) is 2.11. The minimum absolute atomic E-state index is 0.0424. The molecule has 1 amide bonds. The summed E-state index contributed by atoms with van der Waals surface area (Å²) in [6.07, 6.45) is 1.47. The number of benzene rings is 2. The zero-order chi connectivity index (χ0) is 17.9. The highest BCUT2D eigenvalue weighted by molar-refractivity contribution is 6.04. The van der Waals surface area contributed by atoms with Crippen molar-refractivity contribution in [3.05, 3.63) is 59.2 Å². The van der Waals surface area contributed by atoms with Crippen molar-refractivity contribution in [1.82, 2.24) is 0 Å². The molecule has 2 rings (SSSR count). The minimum atomic E-state index is -0.946. The van der Waals surface area contributed by atoms with Gasteiger partial charge >= 0.3 is 0 Å². The van der Waals surface area contributed by atoms with Crippen LogP contribution in [0.3, 0.4) is 0 Å². The van der Waals surface area contributed by atoms with E-state index in [0.717, 1.165) is 6.07 Å². The molecule has 0 atom stereocenters. The number of hydrogen-bond acceptors (Lipinski definition) is 2. The van der Waals surface area contributed by atoms with Gasteiger partial charge < -0.3 is 16.6 Å². The van der Waals surface area contributed by atoms with Crippen LogP contribution < -0.4 is 11.5 Å². The van der Waals surface area contributed by atoms with Crippen LogP contribution in [0.2, 0.25) is 0 Å². The summed E-state index contributed by atoms with van der Waals surface area (Å²) >= 11 is 0. The quantitative estimate of drug-likeness (QED) is 0.457. The first kappa shape index (κ1) is 17.1. The molecule has 0 heterocycles. The predicted octanol–water partition coefficient (Wildman–Crippen LogP) is 2.54. The van der Waals surface area contributed by atoms with E-state index in [1.165, 1.54) is 13.0 Å². The van der Waals surface area contributed by atoms with Gasteiger partial charge in [-0.2, -0.15) is 4.99 Å². The Morgan fingerprint density at radius 2 is 1.79 bits per heavy atom. The first-order chi connectivity index (χ1) is 11.3. The van der Waals surface area contributed by atoms with Crippen molar-refractivity contribution >= 4 is 17.9 Å². The first-order valence-electron chi connectivity index (χ1n) is 6.89. The second kappa shape index (κ2) is 6.91. The zero-order valence-electron chi connectivity index (χ0n) is 12.8. The maximum atomic E-state index is 14.1. The molecule has 0 fully saturated rings. The Balaban J connectivity index is 2.55. The molecule has 0 aliphatic heterocycles. The van der Waals surface area contributed by atoms with Gasteiger partial charge in [-0.05, 0) is 30.2 Å². The number of carbonyl (C=O) groups is 1. The largest absolute Gasteiger partial charge is 0.505 e. The summed E-state index contributed by atoms with van der Waals surface area (Å²) in [7, 11) is 0. The van der Waals surface area contributed by atoms with Gasteiger partial charge in [0.25, 0.3) is 5.91 Å². The number of nitrogens with two attached hydrogens (primary N) is 2. The van der Waals surface area contributed by atoms with Gasteiger partial charge in [-0.25, -0.2) is 8.78 Å². The molecular formula is C17H15F2N3O2. The molecule has 5 nitrogen and oxygen atoms in total.